The molecule has 0 atom stereocenters. The number of sulfonamides is 1. The lowest BCUT2D eigenvalue weighted by Gasteiger charge is -2.22. The van der Waals surface area contributed by atoms with E-state index in [2.05, 4.69) is 10.6 Å². The number of rotatable bonds is 7. The van der Waals surface area contributed by atoms with Gasteiger partial charge in [0.2, 0.25) is 15.9 Å². The van der Waals surface area contributed by atoms with E-state index in [-0.39, 0.29) is 35.5 Å². The first-order chi connectivity index (χ1) is 11.8. The Morgan fingerprint density at radius 2 is 1.96 bits per heavy atom. The summed E-state index contributed by atoms with van der Waals surface area (Å²) < 4.78 is 22.6. The summed E-state index contributed by atoms with van der Waals surface area (Å²) in [6.07, 6.45) is 5.58. The third-order valence-corrected chi connectivity index (χ3v) is 5.04. The highest BCUT2D eigenvalue weighted by atomic mass is 32.2. The van der Waals surface area contributed by atoms with Gasteiger partial charge in [-0.2, -0.15) is 0 Å². The molecule has 0 radical (unpaired) electrons. The van der Waals surface area contributed by atoms with Crippen molar-refractivity contribution >= 4 is 27.3 Å². The number of hydrogen-bond donors (Lipinski definition) is 3. The van der Waals surface area contributed by atoms with E-state index in [0.29, 0.717) is 0 Å². The van der Waals surface area contributed by atoms with Gasteiger partial charge in [-0.1, -0.05) is 19.3 Å². The molecule has 1 amide bonds. The number of nitro benzene ring substituents is 1. The number of carbonyl (C=O) groups excluding carboxylic acids is 1. The molecular formula is C15H22N4O5S. The van der Waals surface area contributed by atoms with Gasteiger partial charge in [-0.05, 0) is 25.0 Å². The molecule has 0 saturated heterocycles. The standard InChI is InChI=1S/C15H22N4O5S/c16-25(23,24)12-6-7-13(14(10-12)19(21)22)17-9-8-15(20)18-11-4-2-1-3-5-11/h6-7,10-11,17H,1-5,8-9H2,(H,18,20)(H2,16,23,24). The molecule has 1 aromatic carbocycles. The van der Waals surface area contributed by atoms with Crippen molar-refractivity contribution in [2.45, 2.75) is 49.5 Å². The molecule has 10 heteroatoms. The van der Waals surface area contributed by atoms with E-state index < -0.39 is 20.6 Å². The molecule has 138 valence electrons. The molecule has 4 N–H and O–H groups in total. The molecule has 1 aliphatic rings. The predicted octanol–water partition coefficient (Wildman–Crippen LogP) is 1.49. The number of anilines is 1. The van der Waals surface area contributed by atoms with Crippen LogP contribution in [0.25, 0.3) is 0 Å². The minimum absolute atomic E-state index is 0.108. The van der Waals surface area contributed by atoms with E-state index in [1.807, 2.05) is 0 Å². The van der Waals surface area contributed by atoms with Crippen LogP contribution in [0.3, 0.4) is 0 Å². The maximum Gasteiger partial charge on any atom is 0.293 e. The fourth-order valence-electron chi connectivity index (χ4n) is 2.85. The van der Waals surface area contributed by atoms with Crippen LogP contribution in [-0.2, 0) is 14.8 Å². The summed E-state index contributed by atoms with van der Waals surface area (Å²) in [6.45, 7) is 0.202. The molecular weight excluding hydrogens is 348 g/mol. The highest BCUT2D eigenvalue weighted by Crippen LogP contribution is 2.27. The minimum atomic E-state index is -4.02. The number of benzene rings is 1. The van der Waals surface area contributed by atoms with Crippen LogP contribution in [0.4, 0.5) is 11.4 Å². The smallest absolute Gasteiger partial charge is 0.293 e. The monoisotopic (exact) mass is 370 g/mol. The Morgan fingerprint density at radius 3 is 2.56 bits per heavy atom. The summed E-state index contributed by atoms with van der Waals surface area (Å²) in [7, 11) is -4.02. The van der Waals surface area contributed by atoms with Crippen molar-refractivity contribution in [2.75, 3.05) is 11.9 Å². The second-order valence-corrected chi connectivity index (χ2v) is 7.62. The number of hydrogen-bond acceptors (Lipinski definition) is 6. The van der Waals surface area contributed by atoms with Crippen LogP contribution in [0, 0.1) is 10.1 Å². The Labute approximate surface area is 146 Å². The van der Waals surface area contributed by atoms with E-state index in [1.54, 1.807) is 0 Å². The molecule has 1 aromatic rings. The van der Waals surface area contributed by atoms with Crippen molar-refractivity contribution in [1.29, 1.82) is 0 Å². The van der Waals surface area contributed by atoms with Crippen molar-refractivity contribution in [3.8, 4) is 0 Å². The highest BCUT2D eigenvalue weighted by molar-refractivity contribution is 7.89. The van der Waals surface area contributed by atoms with Gasteiger partial charge in [0, 0.05) is 25.1 Å². The molecule has 0 heterocycles. The first-order valence-corrected chi connectivity index (χ1v) is 9.66. The number of amides is 1. The van der Waals surface area contributed by atoms with Crippen LogP contribution in [-0.4, -0.2) is 31.8 Å². The Kier molecular flexibility index (Phi) is 6.32. The molecule has 0 aromatic heterocycles. The number of nitro groups is 1. The maximum atomic E-state index is 11.9. The number of carbonyl (C=O) groups is 1. The van der Waals surface area contributed by atoms with Gasteiger partial charge >= 0.3 is 0 Å². The summed E-state index contributed by atoms with van der Waals surface area (Å²) in [4.78, 5) is 22.0. The molecule has 0 spiro atoms. The van der Waals surface area contributed by atoms with Crippen molar-refractivity contribution in [1.82, 2.24) is 5.32 Å². The average molecular weight is 370 g/mol. The van der Waals surface area contributed by atoms with E-state index >= 15 is 0 Å². The molecule has 25 heavy (non-hydrogen) atoms. The van der Waals surface area contributed by atoms with Crippen LogP contribution in [0.1, 0.15) is 38.5 Å². The van der Waals surface area contributed by atoms with Crippen LogP contribution in [0.2, 0.25) is 0 Å². The molecule has 0 bridgehead atoms. The summed E-state index contributed by atoms with van der Waals surface area (Å²) in [6, 6.07) is 3.58. The third kappa shape index (κ3) is 5.68. The number of nitrogens with zero attached hydrogens (tertiary/aromatic N) is 1. The van der Waals surface area contributed by atoms with Crippen LogP contribution >= 0.6 is 0 Å². The van der Waals surface area contributed by atoms with Gasteiger partial charge in [-0.3, -0.25) is 14.9 Å². The van der Waals surface area contributed by atoms with Gasteiger partial charge < -0.3 is 10.6 Å². The van der Waals surface area contributed by atoms with Crippen LogP contribution in [0.15, 0.2) is 23.1 Å². The van der Waals surface area contributed by atoms with E-state index in [0.717, 1.165) is 31.7 Å². The van der Waals surface area contributed by atoms with Crippen LogP contribution < -0.4 is 15.8 Å². The highest BCUT2D eigenvalue weighted by Gasteiger charge is 2.19. The van der Waals surface area contributed by atoms with Gasteiger partial charge in [0.1, 0.15) is 5.69 Å². The molecule has 9 nitrogen and oxygen atoms in total. The first-order valence-electron chi connectivity index (χ1n) is 8.12. The van der Waals surface area contributed by atoms with Crippen molar-refractivity contribution in [3.63, 3.8) is 0 Å². The number of nitrogens with one attached hydrogen (secondary N) is 2. The quantitative estimate of drug-likeness (QED) is 0.490. The summed E-state index contributed by atoms with van der Waals surface area (Å²) in [5, 5.41) is 21.9. The summed E-state index contributed by atoms with van der Waals surface area (Å²) >= 11 is 0. The Morgan fingerprint density at radius 1 is 1.28 bits per heavy atom. The summed E-state index contributed by atoms with van der Waals surface area (Å²) in [5.41, 5.74) is -0.262. The largest absolute Gasteiger partial charge is 0.379 e. The van der Waals surface area contributed by atoms with Crippen molar-refractivity contribution < 1.29 is 18.1 Å². The van der Waals surface area contributed by atoms with Gasteiger partial charge in [-0.15, -0.1) is 0 Å². The zero-order valence-corrected chi connectivity index (χ0v) is 14.5. The maximum absolute atomic E-state index is 11.9. The number of primary sulfonamides is 1. The zero-order chi connectivity index (χ0) is 18.4. The third-order valence-electron chi connectivity index (χ3n) is 4.13. The van der Waals surface area contributed by atoms with Gasteiger partial charge in [0.15, 0.2) is 0 Å². The Balaban J connectivity index is 1.93. The average Bonchev–Trinajstić information content (AvgIpc) is 2.54. The lowest BCUT2D eigenvalue weighted by Crippen LogP contribution is -2.36. The molecule has 1 saturated carbocycles. The lowest BCUT2D eigenvalue weighted by atomic mass is 9.95. The molecule has 1 fully saturated rings. The fourth-order valence-corrected chi connectivity index (χ4v) is 3.38. The molecule has 1 aliphatic carbocycles. The Bertz CT molecular complexity index is 744. The Hall–Kier alpha value is -2.20. The van der Waals surface area contributed by atoms with Gasteiger partial charge in [0.05, 0.1) is 9.82 Å². The SMILES string of the molecule is NS(=O)(=O)c1ccc(NCCC(=O)NC2CCCCC2)c([N+](=O)[O-])c1. The molecule has 0 aliphatic heterocycles. The van der Waals surface area contributed by atoms with Gasteiger partial charge in [-0.25, -0.2) is 13.6 Å². The zero-order valence-electron chi connectivity index (χ0n) is 13.7. The molecule has 2 rings (SSSR count). The van der Waals surface area contributed by atoms with Gasteiger partial charge in [0.25, 0.3) is 5.69 Å². The van der Waals surface area contributed by atoms with Crippen molar-refractivity contribution in [3.05, 3.63) is 28.3 Å². The normalized spacial score (nSPS) is 15.6. The molecule has 0 unspecified atom stereocenters. The van der Waals surface area contributed by atoms with Crippen molar-refractivity contribution in [2.24, 2.45) is 5.14 Å². The van der Waals surface area contributed by atoms with E-state index in [9.17, 15) is 23.3 Å². The second kappa shape index (κ2) is 8.26. The summed E-state index contributed by atoms with van der Waals surface area (Å²) in [5.74, 6) is -0.108. The number of nitrogens with two attached hydrogens (primary N) is 1. The fraction of sp³-hybridized carbons (Fsp3) is 0.533. The second-order valence-electron chi connectivity index (χ2n) is 6.06. The van der Waals surface area contributed by atoms with Crippen LogP contribution in [0.5, 0.6) is 0 Å². The van der Waals surface area contributed by atoms with E-state index in [4.69, 9.17) is 5.14 Å². The lowest BCUT2D eigenvalue weighted by molar-refractivity contribution is -0.384. The predicted molar refractivity (Wildman–Crippen MR) is 92.6 cm³/mol. The van der Waals surface area contributed by atoms with E-state index in [1.165, 1.54) is 18.6 Å². The topological polar surface area (TPSA) is 144 Å². The first kappa shape index (κ1) is 19.1. The minimum Gasteiger partial charge on any atom is -0.379 e.